The van der Waals surface area contributed by atoms with Gasteiger partial charge in [0.15, 0.2) is 0 Å². The van der Waals surface area contributed by atoms with Crippen LogP contribution >= 0.6 is 0 Å². The smallest absolute Gasteiger partial charge is 0.262 e. The van der Waals surface area contributed by atoms with E-state index in [1.54, 1.807) is 32.9 Å². The van der Waals surface area contributed by atoms with Crippen LogP contribution in [0.2, 0.25) is 0 Å². The van der Waals surface area contributed by atoms with Gasteiger partial charge in [-0.3, -0.25) is 4.72 Å². The van der Waals surface area contributed by atoms with Crippen molar-refractivity contribution >= 4 is 25.7 Å². The summed E-state index contributed by atoms with van der Waals surface area (Å²) in [5.41, 5.74) is 1.10. The van der Waals surface area contributed by atoms with Gasteiger partial charge in [-0.25, -0.2) is 16.8 Å². The van der Waals surface area contributed by atoms with Gasteiger partial charge in [-0.05, 0) is 49.2 Å². The molecular weight excluding hydrogens is 412 g/mol. The van der Waals surface area contributed by atoms with Gasteiger partial charge in [-0.15, -0.1) is 0 Å². The highest BCUT2D eigenvalue weighted by atomic mass is 32.2. The summed E-state index contributed by atoms with van der Waals surface area (Å²) in [7, 11) is -7.65. The van der Waals surface area contributed by atoms with E-state index in [1.807, 2.05) is 6.92 Å². The zero-order valence-electron chi connectivity index (χ0n) is 17.2. The van der Waals surface area contributed by atoms with Crippen molar-refractivity contribution in [2.24, 2.45) is 0 Å². The first-order valence-electron chi connectivity index (χ1n) is 9.58. The lowest BCUT2D eigenvalue weighted by Crippen LogP contribution is -2.30. The Bertz CT molecular complexity index is 1030. The second-order valence-corrected chi connectivity index (χ2v) is 9.90. The summed E-state index contributed by atoms with van der Waals surface area (Å²) in [6.07, 6.45) is 0.799. The number of anilines is 1. The van der Waals surface area contributed by atoms with Gasteiger partial charge in [-0.2, -0.15) is 4.31 Å². The number of ether oxygens (including phenoxy) is 1. The Labute approximate surface area is 173 Å². The molecule has 0 aliphatic carbocycles. The first-order chi connectivity index (χ1) is 13.7. The van der Waals surface area contributed by atoms with E-state index in [1.165, 1.54) is 34.6 Å². The lowest BCUT2D eigenvalue weighted by atomic mass is 10.2. The number of nitrogens with one attached hydrogen (secondary N) is 1. The summed E-state index contributed by atoms with van der Waals surface area (Å²) >= 11 is 0. The Balaban J connectivity index is 2.48. The molecule has 0 aliphatic rings. The predicted octanol–water partition coefficient (Wildman–Crippen LogP) is 3.48. The number of rotatable bonds is 10. The summed E-state index contributed by atoms with van der Waals surface area (Å²) < 4.78 is 60.6. The van der Waals surface area contributed by atoms with E-state index < -0.39 is 20.0 Å². The topological polar surface area (TPSA) is 92.8 Å². The van der Waals surface area contributed by atoms with Crippen LogP contribution in [0.1, 0.15) is 33.3 Å². The Hall–Kier alpha value is -2.10. The van der Waals surface area contributed by atoms with Gasteiger partial charge in [-0.1, -0.05) is 32.9 Å². The summed E-state index contributed by atoms with van der Waals surface area (Å²) in [6, 6.07) is 10.7. The average molecular weight is 441 g/mol. The fraction of sp³-hybridized carbons (Fsp3) is 0.400. The second kappa shape index (κ2) is 9.60. The van der Waals surface area contributed by atoms with Crippen molar-refractivity contribution in [3.63, 3.8) is 0 Å². The first kappa shape index (κ1) is 23.2. The van der Waals surface area contributed by atoms with E-state index in [-0.39, 0.29) is 21.2 Å². The molecule has 0 unspecified atom stereocenters. The molecule has 0 aliphatic heterocycles. The SMILES string of the molecule is CCOc1ccc(S(=O)(=O)N(CC)CC)cc1NS(=O)(=O)c1ccc(CC)cc1. The molecule has 160 valence electrons. The van der Waals surface area contributed by atoms with Crippen LogP contribution in [0.4, 0.5) is 5.69 Å². The number of nitrogens with zero attached hydrogens (tertiary/aromatic N) is 1. The molecule has 0 aromatic heterocycles. The summed E-state index contributed by atoms with van der Waals surface area (Å²) in [4.78, 5) is 0.0952. The molecule has 0 heterocycles. The first-order valence-corrected chi connectivity index (χ1v) is 12.5. The van der Waals surface area contributed by atoms with Crippen LogP contribution in [0, 0.1) is 0 Å². The molecule has 0 fully saturated rings. The number of hydrogen-bond acceptors (Lipinski definition) is 5. The second-order valence-electron chi connectivity index (χ2n) is 6.28. The van der Waals surface area contributed by atoms with E-state index in [2.05, 4.69) is 4.72 Å². The zero-order chi connectivity index (χ0) is 21.7. The number of sulfonamides is 2. The molecule has 7 nitrogen and oxygen atoms in total. The van der Waals surface area contributed by atoms with Crippen LogP contribution < -0.4 is 9.46 Å². The quantitative estimate of drug-likeness (QED) is 0.611. The molecule has 0 atom stereocenters. The van der Waals surface area contributed by atoms with Crippen molar-refractivity contribution in [3.8, 4) is 5.75 Å². The molecule has 9 heteroatoms. The maximum atomic E-state index is 12.8. The van der Waals surface area contributed by atoms with Gasteiger partial charge in [0.2, 0.25) is 10.0 Å². The van der Waals surface area contributed by atoms with Crippen molar-refractivity contribution in [1.29, 1.82) is 0 Å². The molecule has 0 amide bonds. The van der Waals surface area contributed by atoms with Gasteiger partial charge < -0.3 is 4.74 Å². The summed E-state index contributed by atoms with van der Waals surface area (Å²) in [5, 5.41) is 0. The minimum atomic E-state index is -3.91. The molecule has 2 rings (SSSR count). The highest BCUT2D eigenvalue weighted by molar-refractivity contribution is 7.92. The van der Waals surface area contributed by atoms with Crippen molar-refractivity contribution in [1.82, 2.24) is 4.31 Å². The van der Waals surface area contributed by atoms with Gasteiger partial charge in [0.1, 0.15) is 5.75 Å². The van der Waals surface area contributed by atoms with Gasteiger partial charge in [0.25, 0.3) is 10.0 Å². The van der Waals surface area contributed by atoms with Gasteiger partial charge >= 0.3 is 0 Å². The Kier molecular flexibility index (Phi) is 7.67. The molecule has 2 aromatic rings. The molecule has 0 spiro atoms. The standard InChI is InChI=1S/C20H28N2O5S2/c1-5-16-9-11-17(12-10-16)28(23,24)21-19-15-18(13-14-20(19)27-8-4)29(25,26)22(6-2)7-3/h9-15,21H,5-8H2,1-4H3. The van der Waals surface area contributed by atoms with Crippen molar-refractivity contribution < 1.29 is 21.6 Å². The molecule has 29 heavy (non-hydrogen) atoms. The summed E-state index contributed by atoms with van der Waals surface area (Å²) in [5.74, 6) is 0.264. The van der Waals surface area contributed by atoms with E-state index in [0.717, 1.165) is 12.0 Å². The van der Waals surface area contributed by atoms with Crippen molar-refractivity contribution in [2.75, 3.05) is 24.4 Å². The van der Waals surface area contributed by atoms with Crippen LogP contribution in [0.5, 0.6) is 5.75 Å². The van der Waals surface area contributed by atoms with Crippen molar-refractivity contribution in [3.05, 3.63) is 48.0 Å². The normalized spacial score (nSPS) is 12.2. The Morgan fingerprint density at radius 1 is 0.862 bits per heavy atom. The third-order valence-electron chi connectivity index (χ3n) is 4.48. The Morgan fingerprint density at radius 3 is 1.97 bits per heavy atom. The van der Waals surface area contributed by atoms with Crippen LogP contribution in [-0.4, -0.2) is 40.8 Å². The van der Waals surface area contributed by atoms with Crippen molar-refractivity contribution in [2.45, 2.75) is 43.9 Å². The fourth-order valence-corrected chi connectivity index (χ4v) is 5.40. The van der Waals surface area contributed by atoms with E-state index in [4.69, 9.17) is 4.74 Å². The predicted molar refractivity (Wildman–Crippen MR) is 114 cm³/mol. The maximum absolute atomic E-state index is 12.8. The average Bonchev–Trinajstić information content (AvgIpc) is 2.70. The third kappa shape index (κ3) is 5.29. The summed E-state index contributed by atoms with van der Waals surface area (Å²) in [6.45, 7) is 8.19. The minimum Gasteiger partial charge on any atom is -0.492 e. The highest BCUT2D eigenvalue weighted by Gasteiger charge is 2.24. The monoisotopic (exact) mass is 440 g/mol. The molecule has 2 aromatic carbocycles. The maximum Gasteiger partial charge on any atom is 0.262 e. The van der Waals surface area contributed by atoms with E-state index in [9.17, 15) is 16.8 Å². The Morgan fingerprint density at radius 2 is 1.45 bits per heavy atom. The zero-order valence-corrected chi connectivity index (χ0v) is 18.8. The van der Waals surface area contributed by atoms with E-state index in [0.29, 0.717) is 19.7 Å². The lowest BCUT2D eigenvalue weighted by Gasteiger charge is -2.20. The fourth-order valence-electron chi connectivity index (χ4n) is 2.85. The molecule has 0 bridgehead atoms. The largest absolute Gasteiger partial charge is 0.492 e. The minimum absolute atomic E-state index is 0.00341. The van der Waals surface area contributed by atoms with E-state index >= 15 is 0 Å². The molecule has 0 saturated carbocycles. The van der Waals surface area contributed by atoms with Crippen LogP contribution in [0.15, 0.2) is 52.3 Å². The highest BCUT2D eigenvalue weighted by Crippen LogP contribution is 2.31. The van der Waals surface area contributed by atoms with Crippen LogP contribution in [0.25, 0.3) is 0 Å². The van der Waals surface area contributed by atoms with Gasteiger partial charge in [0.05, 0.1) is 22.1 Å². The number of hydrogen-bond donors (Lipinski definition) is 1. The molecule has 0 saturated heterocycles. The van der Waals surface area contributed by atoms with Crippen LogP contribution in [0.3, 0.4) is 0 Å². The molecule has 0 radical (unpaired) electrons. The van der Waals surface area contributed by atoms with Gasteiger partial charge in [0, 0.05) is 13.1 Å². The molecular formula is C20H28N2O5S2. The third-order valence-corrected chi connectivity index (χ3v) is 7.91. The number of aryl methyl sites for hydroxylation is 1. The lowest BCUT2D eigenvalue weighted by molar-refractivity contribution is 0.341. The molecule has 1 N–H and O–H groups in total. The number of benzene rings is 2. The van der Waals surface area contributed by atoms with Crippen LogP contribution in [-0.2, 0) is 26.5 Å².